The van der Waals surface area contributed by atoms with Crippen LogP contribution >= 0.6 is 11.5 Å². The van der Waals surface area contributed by atoms with Crippen LogP contribution in [0, 0.1) is 6.92 Å². The minimum Gasteiger partial charge on any atom is -0.366 e. The van der Waals surface area contributed by atoms with Crippen molar-refractivity contribution in [3.63, 3.8) is 0 Å². The fraction of sp³-hybridized carbons (Fsp3) is 0.385. The van der Waals surface area contributed by atoms with Gasteiger partial charge in [-0.3, -0.25) is 19.4 Å². The van der Waals surface area contributed by atoms with Gasteiger partial charge < -0.3 is 25.3 Å². The SMILES string of the molecule is Cc1nnsc1C(=O)N1CCN(c2ccc(C(=O)N3CCCNCC3)cc2NC(=O)c2cccnc2)CC1. The maximum atomic E-state index is 13.3. The molecule has 2 saturated heterocycles. The molecule has 2 N–H and O–H groups in total. The van der Waals surface area contributed by atoms with Gasteiger partial charge in [0, 0.05) is 63.8 Å². The Labute approximate surface area is 225 Å². The largest absolute Gasteiger partial charge is 0.366 e. The van der Waals surface area contributed by atoms with Gasteiger partial charge in [-0.15, -0.1) is 5.10 Å². The molecule has 2 aliphatic heterocycles. The Morgan fingerprint density at radius 3 is 2.50 bits per heavy atom. The minimum absolute atomic E-state index is 0.0546. The molecule has 198 valence electrons. The summed E-state index contributed by atoms with van der Waals surface area (Å²) in [6.07, 6.45) is 4.02. The zero-order valence-corrected chi connectivity index (χ0v) is 22.0. The van der Waals surface area contributed by atoms with Crippen LogP contribution < -0.4 is 15.5 Å². The van der Waals surface area contributed by atoms with Gasteiger partial charge in [0.25, 0.3) is 17.7 Å². The Kier molecular flexibility index (Phi) is 7.89. The molecular weight excluding hydrogens is 504 g/mol. The van der Waals surface area contributed by atoms with E-state index in [-0.39, 0.29) is 17.7 Å². The van der Waals surface area contributed by atoms with E-state index in [9.17, 15) is 14.4 Å². The van der Waals surface area contributed by atoms with Crippen LogP contribution in [0.5, 0.6) is 0 Å². The monoisotopic (exact) mass is 534 g/mol. The molecule has 0 unspecified atom stereocenters. The third-order valence-electron chi connectivity index (χ3n) is 6.80. The molecule has 0 atom stereocenters. The molecule has 4 heterocycles. The highest BCUT2D eigenvalue weighted by Gasteiger charge is 2.27. The number of carbonyl (C=O) groups excluding carboxylic acids is 3. The number of aromatic nitrogens is 3. The second-order valence-corrected chi connectivity index (χ2v) is 10.0. The summed E-state index contributed by atoms with van der Waals surface area (Å²) in [7, 11) is 0. The summed E-state index contributed by atoms with van der Waals surface area (Å²) in [5.41, 5.74) is 2.96. The minimum atomic E-state index is -0.301. The lowest BCUT2D eigenvalue weighted by atomic mass is 10.1. The second-order valence-electron chi connectivity index (χ2n) is 9.29. The molecule has 0 saturated carbocycles. The lowest BCUT2D eigenvalue weighted by Gasteiger charge is -2.37. The number of nitrogens with zero attached hydrogens (tertiary/aromatic N) is 6. The first-order valence-electron chi connectivity index (χ1n) is 12.7. The van der Waals surface area contributed by atoms with Crippen LogP contribution in [0.25, 0.3) is 0 Å². The van der Waals surface area contributed by atoms with E-state index in [1.54, 1.807) is 36.2 Å². The fourth-order valence-corrected chi connectivity index (χ4v) is 5.31. The molecule has 2 aromatic heterocycles. The van der Waals surface area contributed by atoms with Crippen LogP contribution in [0.3, 0.4) is 0 Å². The van der Waals surface area contributed by atoms with Crippen molar-refractivity contribution >= 4 is 40.6 Å². The maximum Gasteiger partial charge on any atom is 0.267 e. The molecule has 0 radical (unpaired) electrons. The number of piperazine rings is 1. The van der Waals surface area contributed by atoms with Crippen molar-refractivity contribution in [2.45, 2.75) is 13.3 Å². The Morgan fingerprint density at radius 1 is 0.947 bits per heavy atom. The predicted molar refractivity (Wildman–Crippen MR) is 145 cm³/mol. The predicted octanol–water partition coefficient (Wildman–Crippen LogP) is 1.89. The molecular formula is C26H30N8O3S. The number of pyridine rings is 1. The molecule has 5 rings (SSSR count). The zero-order valence-electron chi connectivity index (χ0n) is 21.2. The van der Waals surface area contributed by atoms with E-state index in [1.165, 1.54) is 6.20 Å². The van der Waals surface area contributed by atoms with Gasteiger partial charge in [-0.2, -0.15) is 0 Å². The Bertz CT molecular complexity index is 1300. The van der Waals surface area contributed by atoms with Crippen molar-refractivity contribution in [1.29, 1.82) is 0 Å². The third kappa shape index (κ3) is 5.65. The fourth-order valence-electron chi connectivity index (χ4n) is 4.69. The molecule has 2 fully saturated rings. The lowest BCUT2D eigenvalue weighted by Crippen LogP contribution is -2.49. The number of nitrogens with one attached hydrogen (secondary N) is 2. The first-order chi connectivity index (χ1) is 18.5. The number of benzene rings is 1. The van der Waals surface area contributed by atoms with Crippen LogP contribution in [0.2, 0.25) is 0 Å². The quantitative estimate of drug-likeness (QED) is 0.509. The highest BCUT2D eigenvalue weighted by atomic mass is 32.1. The summed E-state index contributed by atoms with van der Waals surface area (Å²) in [5.74, 6) is -0.416. The van der Waals surface area contributed by atoms with Crippen LogP contribution in [0.1, 0.15) is 42.5 Å². The molecule has 3 aromatic rings. The summed E-state index contributed by atoms with van der Waals surface area (Å²) in [4.78, 5) is 49.7. The Morgan fingerprint density at radius 2 is 1.76 bits per heavy atom. The summed E-state index contributed by atoms with van der Waals surface area (Å²) in [6, 6.07) is 8.87. The van der Waals surface area contributed by atoms with E-state index in [0.29, 0.717) is 66.7 Å². The number of anilines is 2. The summed E-state index contributed by atoms with van der Waals surface area (Å²) < 4.78 is 3.88. The number of aryl methyl sites for hydroxylation is 1. The van der Waals surface area contributed by atoms with Gasteiger partial charge in [-0.05, 0) is 61.8 Å². The van der Waals surface area contributed by atoms with Crippen molar-refractivity contribution in [2.24, 2.45) is 0 Å². The number of carbonyl (C=O) groups is 3. The van der Waals surface area contributed by atoms with Crippen molar-refractivity contribution < 1.29 is 14.4 Å². The van der Waals surface area contributed by atoms with Gasteiger partial charge in [0.05, 0.1) is 22.6 Å². The van der Waals surface area contributed by atoms with Crippen molar-refractivity contribution in [1.82, 2.24) is 29.7 Å². The van der Waals surface area contributed by atoms with Crippen molar-refractivity contribution in [3.8, 4) is 0 Å². The summed E-state index contributed by atoms with van der Waals surface area (Å²) >= 11 is 1.11. The molecule has 0 spiro atoms. The number of hydrogen-bond donors (Lipinski definition) is 2. The van der Waals surface area contributed by atoms with Crippen LogP contribution in [-0.2, 0) is 0 Å². The maximum absolute atomic E-state index is 13.3. The van der Waals surface area contributed by atoms with Crippen LogP contribution in [0.4, 0.5) is 11.4 Å². The van der Waals surface area contributed by atoms with E-state index < -0.39 is 0 Å². The van der Waals surface area contributed by atoms with Crippen molar-refractivity contribution in [3.05, 3.63) is 64.4 Å². The molecule has 12 heteroatoms. The van der Waals surface area contributed by atoms with E-state index in [2.05, 4.69) is 30.1 Å². The third-order valence-corrected chi connectivity index (χ3v) is 7.61. The van der Waals surface area contributed by atoms with E-state index >= 15 is 0 Å². The summed E-state index contributed by atoms with van der Waals surface area (Å²) in [6.45, 7) is 6.97. The molecule has 0 aliphatic carbocycles. The van der Waals surface area contributed by atoms with Gasteiger partial charge in [0.1, 0.15) is 4.88 Å². The number of amides is 3. The molecule has 2 aliphatic rings. The molecule has 0 bridgehead atoms. The smallest absolute Gasteiger partial charge is 0.267 e. The van der Waals surface area contributed by atoms with E-state index in [4.69, 9.17) is 0 Å². The average molecular weight is 535 g/mol. The number of hydrogen-bond acceptors (Lipinski definition) is 9. The van der Waals surface area contributed by atoms with E-state index in [0.717, 1.165) is 36.7 Å². The van der Waals surface area contributed by atoms with Gasteiger partial charge in [0.15, 0.2) is 0 Å². The summed E-state index contributed by atoms with van der Waals surface area (Å²) in [5, 5.41) is 10.3. The normalized spacial score (nSPS) is 16.2. The second kappa shape index (κ2) is 11.7. The van der Waals surface area contributed by atoms with Crippen LogP contribution in [-0.4, -0.2) is 94.5 Å². The number of rotatable bonds is 5. The molecule has 38 heavy (non-hydrogen) atoms. The highest BCUT2D eigenvalue weighted by molar-refractivity contribution is 7.07. The van der Waals surface area contributed by atoms with Gasteiger partial charge in [-0.1, -0.05) is 4.49 Å². The molecule has 1 aromatic carbocycles. The topological polar surface area (TPSA) is 124 Å². The highest BCUT2D eigenvalue weighted by Crippen LogP contribution is 2.30. The average Bonchev–Trinajstić information content (AvgIpc) is 3.20. The Hall–Kier alpha value is -3.90. The Balaban J connectivity index is 1.37. The lowest BCUT2D eigenvalue weighted by molar-refractivity contribution is 0.0747. The first kappa shape index (κ1) is 25.7. The van der Waals surface area contributed by atoms with Crippen LogP contribution in [0.15, 0.2) is 42.7 Å². The standard InChI is InChI=1S/C26H30N8O3S/c1-18-23(38-31-30-18)26(37)34-14-12-32(13-15-34)22-6-5-19(25(36)33-10-3-8-27-9-11-33)16-21(22)29-24(35)20-4-2-7-28-17-20/h2,4-7,16-17,27H,3,8-15H2,1H3,(H,29,35). The van der Waals surface area contributed by atoms with E-state index in [1.807, 2.05) is 17.0 Å². The van der Waals surface area contributed by atoms with Crippen molar-refractivity contribution in [2.75, 3.05) is 62.6 Å². The molecule has 3 amide bonds. The van der Waals surface area contributed by atoms with Gasteiger partial charge >= 0.3 is 0 Å². The van der Waals surface area contributed by atoms with Gasteiger partial charge in [0.2, 0.25) is 0 Å². The zero-order chi connectivity index (χ0) is 26.5. The first-order valence-corrected chi connectivity index (χ1v) is 13.5. The molecule has 11 nitrogen and oxygen atoms in total. The van der Waals surface area contributed by atoms with Gasteiger partial charge in [-0.25, -0.2) is 0 Å².